The molecule has 4 rings (SSSR count). The lowest BCUT2D eigenvalue weighted by Gasteiger charge is -2.16. The summed E-state index contributed by atoms with van der Waals surface area (Å²) in [6, 6.07) is 2.89. The quantitative estimate of drug-likeness (QED) is 0.861. The van der Waals surface area contributed by atoms with Crippen molar-refractivity contribution in [3.05, 3.63) is 46.3 Å². The predicted molar refractivity (Wildman–Crippen MR) is 96.6 cm³/mol. The van der Waals surface area contributed by atoms with Crippen molar-refractivity contribution in [2.45, 2.75) is 50.3 Å². The van der Waals surface area contributed by atoms with Crippen LogP contribution in [0.2, 0.25) is 0 Å². The van der Waals surface area contributed by atoms with Gasteiger partial charge in [-0.3, -0.25) is 0 Å². The summed E-state index contributed by atoms with van der Waals surface area (Å²) in [4.78, 5) is 12.4. The fourth-order valence-corrected chi connectivity index (χ4v) is 4.81. The maximum absolute atomic E-state index is 12.4. The van der Waals surface area contributed by atoms with Crippen molar-refractivity contribution >= 4 is 21.7 Å². The summed E-state index contributed by atoms with van der Waals surface area (Å²) in [5.74, 6) is 0. The average molecular weight is 372 g/mol. The van der Waals surface area contributed by atoms with Gasteiger partial charge in [0.05, 0.1) is 11.9 Å². The monoisotopic (exact) mass is 372 g/mol. The van der Waals surface area contributed by atoms with Crippen LogP contribution >= 0.6 is 0 Å². The average Bonchev–Trinajstić information content (AvgIpc) is 3.23. The van der Waals surface area contributed by atoms with Crippen LogP contribution in [0.1, 0.15) is 40.8 Å². The number of nitrogens with zero attached hydrogens (tertiary/aromatic N) is 2. The summed E-state index contributed by atoms with van der Waals surface area (Å²) >= 11 is 0. The van der Waals surface area contributed by atoms with Gasteiger partial charge in [-0.15, -0.1) is 0 Å². The van der Waals surface area contributed by atoms with Crippen LogP contribution in [0.3, 0.4) is 0 Å². The molecule has 0 aliphatic heterocycles. The van der Waals surface area contributed by atoms with E-state index in [0.29, 0.717) is 5.69 Å². The van der Waals surface area contributed by atoms with Crippen molar-refractivity contribution in [1.82, 2.24) is 14.9 Å². The minimum absolute atomic E-state index is 0.0799. The first kappa shape index (κ1) is 17.0. The van der Waals surface area contributed by atoms with Gasteiger partial charge < -0.3 is 5.32 Å². The Bertz CT molecular complexity index is 969. The van der Waals surface area contributed by atoms with Gasteiger partial charge in [-0.2, -0.15) is 10.2 Å². The van der Waals surface area contributed by atoms with Gasteiger partial charge >= 0.3 is 6.03 Å². The Kier molecular flexibility index (Phi) is 4.14. The molecular weight excluding hydrogens is 352 g/mol. The van der Waals surface area contributed by atoms with Crippen LogP contribution in [-0.4, -0.2) is 24.6 Å². The van der Waals surface area contributed by atoms with Gasteiger partial charge in [0.2, 0.25) is 0 Å². The lowest BCUT2D eigenvalue weighted by Crippen LogP contribution is -2.35. The first-order valence-electron chi connectivity index (χ1n) is 8.74. The maximum Gasteiger partial charge on any atom is 0.333 e. The zero-order valence-electron chi connectivity index (χ0n) is 14.5. The molecule has 0 saturated carbocycles. The molecule has 1 heterocycles. The molecule has 2 aliphatic rings. The Morgan fingerprint density at radius 2 is 1.69 bits per heavy atom. The number of aromatic nitrogens is 2. The normalized spacial score (nSPS) is 15.4. The van der Waals surface area contributed by atoms with Gasteiger partial charge in [0.1, 0.15) is 4.90 Å². The third kappa shape index (κ3) is 3.05. The molecule has 2 N–H and O–H groups in total. The van der Waals surface area contributed by atoms with Crippen LogP contribution in [0.15, 0.2) is 23.2 Å². The van der Waals surface area contributed by atoms with E-state index in [1.54, 1.807) is 6.92 Å². The fourth-order valence-electron chi connectivity index (χ4n) is 3.88. The summed E-state index contributed by atoms with van der Waals surface area (Å²) in [5.41, 5.74) is 6.13. The highest BCUT2D eigenvalue weighted by molar-refractivity contribution is 7.90. The summed E-state index contributed by atoms with van der Waals surface area (Å²) in [6.45, 7) is 1.64. The Balaban J connectivity index is 1.60. The van der Waals surface area contributed by atoms with Gasteiger partial charge in [-0.1, -0.05) is 6.07 Å². The number of sulfonamides is 1. The number of nitrogens with one attached hydrogen (secondary N) is 2. The van der Waals surface area contributed by atoms with E-state index >= 15 is 0 Å². The number of carbonyl (C=O) groups is 1. The van der Waals surface area contributed by atoms with E-state index in [9.17, 15) is 13.2 Å². The lowest BCUT2D eigenvalue weighted by molar-refractivity contribution is 0.256. The van der Waals surface area contributed by atoms with Crippen molar-refractivity contribution in [1.29, 1.82) is 0 Å². The topological polar surface area (TPSA) is 101 Å². The van der Waals surface area contributed by atoms with Crippen LogP contribution in [0, 0.1) is 6.92 Å². The Morgan fingerprint density at radius 1 is 1.04 bits per heavy atom. The van der Waals surface area contributed by atoms with Gasteiger partial charge in [0.15, 0.2) is 0 Å². The van der Waals surface area contributed by atoms with Gasteiger partial charge in [0, 0.05) is 5.69 Å². The van der Waals surface area contributed by atoms with Gasteiger partial charge in [-0.25, -0.2) is 17.9 Å². The number of aryl methyl sites for hydroxylation is 3. The number of anilines is 1. The minimum Gasteiger partial charge on any atom is -0.307 e. The highest BCUT2D eigenvalue weighted by atomic mass is 32.2. The molecule has 2 amide bonds. The number of benzene rings is 1. The Hall–Kier alpha value is -2.48. The number of carbonyl (C=O) groups excluding carboxylic acids is 1. The second-order valence-corrected chi connectivity index (χ2v) is 8.51. The molecule has 7 nitrogen and oxygen atoms in total. The summed E-state index contributed by atoms with van der Waals surface area (Å²) in [7, 11) is -3.99. The number of fused-ring (bicyclic) bond motifs is 2. The van der Waals surface area contributed by atoms with Crippen LogP contribution in [0.4, 0.5) is 10.5 Å². The third-order valence-electron chi connectivity index (χ3n) is 5.00. The molecule has 0 spiro atoms. The molecule has 0 bridgehead atoms. The summed E-state index contributed by atoms with van der Waals surface area (Å²) in [6.07, 6.45) is 7.11. The van der Waals surface area contributed by atoms with Crippen LogP contribution in [0.5, 0.6) is 0 Å². The van der Waals surface area contributed by atoms with E-state index in [1.807, 2.05) is 0 Å². The number of hydrogen-bond donors (Lipinski definition) is 2. The van der Waals surface area contributed by atoms with E-state index < -0.39 is 16.1 Å². The molecule has 0 saturated heterocycles. The zero-order valence-corrected chi connectivity index (χ0v) is 15.3. The molecule has 136 valence electrons. The molecule has 0 atom stereocenters. The lowest BCUT2D eigenvalue weighted by atomic mass is 9.99. The molecule has 0 unspecified atom stereocenters. The molecular formula is C18H20N4O3S. The van der Waals surface area contributed by atoms with E-state index in [0.717, 1.165) is 61.5 Å². The number of rotatable bonds is 3. The first-order chi connectivity index (χ1) is 12.4. The maximum atomic E-state index is 12.4. The van der Waals surface area contributed by atoms with Crippen molar-refractivity contribution in [2.24, 2.45) is 0 Å². The SMILES string of the molecule is Cc1cc(S(=O)(=O)NC(=O)Nc2c3c(cc4c2CCC4)CCC3)cnn1. The number of urea groups is 1. The molecule has 0 radical (unpaired) electrons. The highest BCUT2D eigenvalue weighted by Crippen LogP contribution is 2.38. The predicted octanol–water partition coefficient (Wildman–Crippen LogP) is 2.27. The van der Waals surface area contributed by atoms with Crippen molar-refractivity contribution in [3.8, 4) is 0 Å². The van der Waals surface area contributed by atoms with E-state index in [2.05, 4.69) is 26.3 Å². The molecule has 2 aliphatic carbocycles. The van der Waals surface area contributed by atoms with Crippen molar-refractivity contribution < 1.29 is 13.2 Å². The van der Waals surface area contributed by atoms with Crippen LogP contribution in [0.25, 0.3) is 0 Å². The first-order valence-corrected chi connectivity index (χ1v) is 10.2. The second kappa shape index (κ2) is 6.35. The largest absolute Gasteiger partial charge is 0.333 e. The van der Waals surface area contributed by atoms with E-state index in [4.69, 9.17) is 0 Å². The third-order valence-corrected chi connectivity index (χ3v) is 6.30. The molecule has 1 aromatic heterocycles. The zero-order chi connectivity index (χ0) is 18.3. The van der Waals surface area contributed by atoms with E-state index in [1.165, 1.54) is 17.2 Å². The molecule has 0 fully saturated rings. The smallest absolute Gasteiger partial charge is 0.307 e. The van der Waals surface area contributed by atoms with Gasteiger partial charge in [0.25, 0.3) is 10.0 Å². The van der Waals surface area contributed by atoms with Gasteiger partial charge in [-0.05, 0) is 73.8 Å². The standard InChI is InChI=1S/C18H20N4O3S/c1-11-8-14(10-19-21-11)26(24,25)22-18(23)20-17-15-6-2-4-12(15)9-13-5-3-7-16(13)17/h8-10H,2-7H2,1H3,(H2,20,22,23). The van der Waals surface area contributed by atoms with Crippen molar-refractivity contribution in [3.63, 3.8) is 0 Å². The number of amides is 2. The molecule has 8 heteroatoms. The highest BCUT2D eigenvalue weighted by Gasteiger charge is 2.26. The van der Waals surface area contributed by atoms with E-state index in [-0.39, 0.29) is 4.90 Å². The number of hydrogen-bond acceptors (Lipinski definition) is 5. The second-order valence-electron chi connectivity index (χ2n) is 6.83. The fraction of sp³-hybridized carbons (Fsp3) is 0.389. The van der Waals surface area contributed by atoms with Crippen molar-refractivity contribution in [2.75, 3.05) is 5.32 Å². The summed E-state index contributed by atoms with van der Waals surface area (Å²) in [5, 5.41) is 10.2. The Labute approximate surface area is 152 Å². The summed E-state index contributed by atoms with van der Waals surface area (Å²) < 4.78 is 26.9. The molecule has 2 aromatic rings. The van der Waals surface area contributed by atoms with Crippen LogP contribution < -0.4 is 10.0 Å². The van der Waals surface area contributed by atoms with Crippen LogP contribution in [-0.2, 0) is 35.7 Å². The molecule has 1 aromatic carbocycles. The Morgan fingerprint density at radius 3 is 2.31 bits per heavy atom. The molecule has 26 heavy (non-hydrogen) atoms. The minimum atomic E-state index is -3.99.